The lowest BCUT2D eigenvalue weighted by Gasteiger charge is -2.27. The molecule has 0 radical (unpaired) electrons. The van der Waals surface area contributed by atoms with E-state index in [4.69, 9.17) is 16.3 Å². The molecule has 2 heterocycles. The Hall–Kier alpha value is -3.16. The van der Waals surface area contributed by atoms with Crippen LogP contribution in [-0.4, -0.2) is 23.8 Å². The zero-order valence-corrected chi connectivity index (χ0v) is 19.0. The number of aromatic nitrogens is 1. The summed E-state index contributed by atoms with van der Waals surface area (Å²) >= 11 is 9.46. The molecule has 32 heavy (non-hydrogen) atoms. The van der Waals surface area contributed by atoms with Crippen molar-refractivity contribution in [3.05, 3.63) is 87.1 Å². The molecule has 1 aliphatic heterocycles. The van der Waals surface area contributed by atoms with Gasteiger partial charge in [0.2, 0.25) is 11.3 Å². The summed E-state index contributed by atoms with van der Waals surface area (Å²) in [6, 6.07) is 16.7. The zero-order chi connectivity index (χ0) is 22.6. The van der Waals surface area contributed by atoms with Crippen LogP contribution in [0.3, 0.4) is 0 Å². The Labute approximate surface area is 195 Å². The van der Waals surface area contributed by atoms with Crippen LogP contribution < -0.4 is 5.32 Å². The van der Waals surface area contributed by atoms with Gasteiger partial charge >= 0.3 is 5.97 Å². The van der Waals surface area contributed by atoms with Gasteiger partial charge in [0, 0.05) is 37.8 Å². The molecule has 0 saturated carbocycles. The molecular formula is C24H15BrClFN2O3. The first-order valence-electron chi connectivity index (χ1n) is 9.64. The summed E-state index contributed by atoms with van der Waals surface area (Å²) in [5.74, 6) is -1.76. The predicted octanol–water partition coefficient (Wildman–Crippen LogP) is 6.07. The van der Waals surface area contributed by atoms with Crippen molar-refractivity contribution < 1.29 is 18.7 Å². The molecule has 3 aromatic carbocycles. The largest absolute Gasteiger partial charge is 0.467 e. The van der Waals surface area contributed by atoms with Crippen molar-refractivity contribution in [3.63, 3.8) is 0 Å². The Morgan fingerprint density at radius 1 is 1.12 bits per heavy atom. The molecule has 5 nitrogen and oxygen atoms in total. The molecule has 0 spiro atoms. The van der Waals surface area contributed by atoms with Gasteiger partial charge in [0.05, 0.1) is 17.8 Å². The van der Waals surface area contributed by atoms with Crippen molar-refractivity contribution in [2.24, 2.45) is 0 Å². The summed E-state index contributed by atoms with van der Waals surface area (Å²) in [5, 5.41) is 3.72. The van der Waals surface area contributed by atoms with Crippen LogP contribution in [0.1, 0.15) is 15.9 Å². The number of nitrogens with one attached hydrogen (secondary N) is 2. The Balaban J connectivity index is 1.86. The van der Waals surface area contributed by atoms with Crippen molar-refractivity contribution in [2.75, 3.05) is 12.4 Å². The molecule has 4 aromatic rings. The van der Waals surface area contributed by atoms with Crippen molar-refractivity contribution in [2.45, 2.75) is 5.54 Å². The number of anilines is 1. The van der Waals surface area contributed by atoms with Crippen LogP contribution in [0.25, 0.3) is 22.2 Å². The molecule has 0 amide bonds. The molecule has 160 valence electrons. The van der Waals surface area contributed by atoms with Gasteiger partial charge in [-0.15, -0.1) is 0 Å². The number of ether oxygens (including phenoxy) is 1. The van der Waals surface area contributed by atoms with Crippen LogP contribution >= 0.6 is 27.5 Å². The summed E-state index contributed by atoms with van der Waals surface area (Å²) in [5.41, 5.74) is 1.11. The van der Waals surface area contributed by atoms with Crippen molar-refractivity contribution in [1.82, 2.24) is 4.98 Å². The fraction of sp³-hybridized carbons (Fsp3) is 0.0833. The van der Waals surface area contributed by atoms with E-state index in [1.54, 1.807) is 24.3 Å². The molecule has 0 fully saturated rings. The molecule has 1 aromatic heterocycles. The molecule has 1 unspecified atom stereocenters. The lowest BCUT2D eigenvalue weighted by atomic mass is 9.82. The normalized spacial score (nSPS) is 17.3. The number of H-pyrrole nitrogens is 1. The van der Waals surface area contributed by atoms with E-state index in [1.807, 2.05) is 24.3 Å². The topological polar surface area (TPSA) is 71.2 Å². The van der Waals surface area contributed by atoms with E-state index in [2.05, 4.69) is 26.2 Å². The van der Waals surface area contributed by atoms with Crippen molar-refractivity contribution >= 4 is 55.9 Å². The van der Waals surface area contributed by atoms with E-state index in [1.165, 1.54) is 19.2 Å². The number of esters is 1. The SMILES string of the molecule is COC(=O)C1(c2c(-c3ccc(F)c(Cl)c3)[nH]c3ccccc23)Nc2cc(Br)ccc2C1=O. The number of hydrogen-bond acceptors (Lipinski definition) is 4. The van der Waals surface area contributed by atoms with Gasteiger partial charge in [-0.2, -0.15) is 0 Å². The third-order valence-corrected chi connectivity index (χ3v) is 6.45. The number of carbonyl (C=O) groups is 2. The standard InChI is InChI=1S/C24H15BrClFN2O3/c1-32-23(31)24(22(30)15-8-7-13(25)11-19(15)29-24)20-14-4-2-3-5-18(14)28-21(20)12-6-9-17(27)16(26)10-12/h2-11,28-29H,1H3. The summed E-state index contributed by atoms with van der Waals surface area (Å²) in [7, 11) is 1.24. The predicted molar refractivity (Wildman–Crippen MR) is 124 cm³/mol. The Kier molecular flexibility index (Phi) is 4.83. The maximum absolute atomic E-state index is 13.9. The third kappa shape index (κ3) is 2.88. The Morgan fingerprint density at radius 2 is 1.91 bits per heavy atom. The molecule has 1 aliphatic rings. The van der Waals surface area contributed by atoms with E-state index in [-0.39, 0.29) is 5.02 Å². The first-order valence-corrected chi connectivity index (χ1v) is 10.8. The van der Waals surface area contributed by atoms with Crippen molar-refractivity contribution in [3.8, 4) is 11.3 Å². The molecule has 2 N–H and O–H groups in total. The van der Waals surface area contributed by atoms with Gasteiger partial charge in [0.15, 0.2) is 0 Å². The highest BCUT2D eigenvalue weighted by Gasteiger charge is 2.56. The smallest absolute Gasteiger partial charge is 0.344 e. The van der Waals surface area contributed by atoms with Gasteiger partial charge in [0.1, 0.15) is 5.82 Å². The second-order valence-electron chi connectivity index (χ2n) is 7.44. The maximum atomic E-state index is 13.9. The highest BCUT2D eigenvalue weighted by Crippen LogP contribution is 2.47. The summed E-state index contributed by atoms with van der Waals surface area (Å²) in [6.07, 6.45) is 0. The highest BCUT2D eigenvalue weighted by molar-refractivity contribution is 9.10. The zero-order valence-electron chi connectivity index (χ0n) is 16.6. The van der Waals surface area contributed by atoms with E-state index in [0.29, 0.717) is 39.0 Å². The number of para-hydroxylation sites is 1. The fourth-order valence-corrected chi connectivity index (χ4v) is 4.79. The van der Waals surface area contributed by atoms with Crippen LogP contribution in [0, 0.1) is 5.82 Å². The van der Waals surface area contributed by atoms with Gasteiger partial charge in [-0.25, -0.2) is 9.18 Å². The van der Waals surface area contributed by atoms with E-state index in [0.717, 1.165) is 4.47 Å². The maximum Gasteiger partial charge on any atom is 0.344 e. The second-order valence-corrected chi connectivity index (χ2v) is 8.76. The molecule has 8 heteroatoms. The minimum Gasteiger partial charge on any atom is -0.467 e. The lowest BCUT2D eigenvalue weighted by molar-refractivity contribution is -0.144. The van der Waals surface area contributed by atoms with Crippen LogP contribution in [0.15, 0.2) is 65.1 Å². The number of carbonyl (C=O) groups excluding carboxylic acids is 2. The van der Waals surface area contributed by atoms with Crippen LogP contribution in [0.4, 0.5) is 10.1 Å². The number of aromatic amines is 1. The van der Waals surface area contributed by atoms with Crippen LogP contribution in [-0.2, 0) is 15.1 Å². The number of ketones is 1. The average Bonchev–Trinajstić information content (AvgIpc) is 3.31. The van der Waals surface area contributed by atoms with E-state index in [9.17, 15) is 14.0 Å². The number of benzene rings is 3. The van der Waals surface area contributed by atoms with Crippen LogP contribution in [0.5, 0.6) is 0 Å². The van der Waals surface area contributed by atoms with Crippen molar-refractivity contribution in [1.29, 1.82) is 0 Å². The molecule has 5 rings (SSSR count). The summed E-state index contributed by atoms with van der Waals surface area (Å²) in [6.45, 7) is 0. The lowest BCUT2D eigenvalue weighted by Crippen LogP contribution is -2.47. The quantitative estimate of drug-likeness (QED) is 0.258. The summed E-state index contributed by atoms with van der Waals surface area (Å²) in [4.78, 5) is 30.4. The Bertz CT molecular complexity index is 1430. The minimum atomic E-state index is -1.84. The van der Waals surface area contributed by atoms with Gasteiger partial charge in [0.25, 0.3) is 0 Å². The fourth-order valence-electron chi connectivity index (χ4n) is 4.25. The minimum absolute atomic E-state index is 0.0721. The first-order chi connectivity index (χ1) is 15.4. The molecule has 0 bridgehead atoms. The highest BCUT2D eigenvalue weighted by atomic mass is 79.9. The third-order valence-electron chi connectivity index (χ3n) is 5.67. The van der Waals surface area contributed by atoms with Gasteiger partial charge in [-0.05, 0) is 42.5 Å². The summed E-state index contributed by atoms with van der Waals surface area (Å²) < 4.78 is 19.8. The second kappa shape index (κ2) is 7.46. The van der Waals surface area contributed by atoms with E-state index >= 15 is 0 Å². The van der Waals surface area contributed by atoms with Gasteiger partial charge in [-0.1, -0.05) is 45.7 Å². The first kappa shape index (κ1) is 20.7. The number of fused-ring (bicyclic) bond motifs is 2. The van der Waals surface area contributed by atoms with E-state index < -0.39 is 23.1 Å². The van der Waals surface area contributed by atoms with Gasteiger partial charge < -0.3 is 15.0 Å². The number of Topliss-reactive ketones (excluding diaryl/α,β-unsaturated/α-hetero) is 1. The molecular weight excluding hydrogens is 499 g/mol. The van der Waals surface area contributed by atoms with Crippen LogP contribution in [0.2, 0.25) is 5.02 Å². The van der Waals surface area contributed by atoms with Gasteiger partial charge in [-0.3, -0.25) is 4.79 Å². The molecule has 0 aliphatic carbocycles. The number of halogens is 3. The number of methoxy groups -OCH3 is 1. The number of rotatable bonds is 3. The average molecular weight is 514 g/mol. The number of hydrogen-bond donors (Lipinski definition) is 2. The molecule has 1 atom stereocenters. The molecule has 0 saturated heterocycles. The Morgan fingerprint density at radius 3 is 2.66 bits per heavy atom. The monoisotopic (exact) mass is 512 g/mol.